The lowest BCUT2D eigenvalue weighted by molar-refractivity contribution is -0.140. The van der Waals surface area contributed by atoms with E-state index in [2.05, 4.69) is 0 Å². The van der Waals surface area contributed by atoms with Crippen molar-refractivity contribution in [3.8, 4) is 0 Å². The number of amides is 1. The molecule has 1 amide bonds. The van der Waals surface area contributed by atoms with Crippen molar-refractivity contribution in [3.05, 3.63) is 0 Å². The molecule has 0 N–H and O–H groups in total. The number of carbonyl (C=O) groups excluding carboxylic acids is 2. The Morgan fingerprint density at radius 1 is 1.50 bits per heavy atom. The zero-order chi connectivity index (χ0) is 10.7. The van der Waals surface area contributed by atoms with E-state index >= 15 is 0 Å². The van der Waals surface area contributed by atoms with Crippen molar-refractivity contribution >= 4 is 23.3 Å². The first kappa shape index (κ1) is 11.5. The summed E-state index contributed by atoms with van der Waals surface area (Å²) in [4.78, 5) is 24.5. The third kappa shape index (κ3) is 2.27. The highest BCUT2D eigenvalue weighted by molar-refractivity contribution is 6.28. The monoisotopic (exact) mass is 217 g/mol. The summed E-state index contributed by atoms with van der Waals surface area (Å²) in [5.74, 6) is 0.173. The number of rotatable bonds is 2. The van der Waals surface area contributed by atoms with Gasteiger partial charge in [0, 0.05) is 13.5 Å². The first-order chi connectivity index (χ1) is 6.57. The summed E-state index contributed by atoms with van der Waals surface area (Å²) in [6.45, 7) is 4.20. The maximum atomic E-state index is 11.6. The summed E-state index contributed by atoms with van der Waals surface area (Å²) in [5, 5.41) is 0. The van der Waals surface area contributed by atoms with Crippen molar-refractivity contribution in [2.45, 2.75) is 32.7 Å². The quantitative estimate of drug-likeness (QED) is 0.657. The molecule has 80 valence electrons. The molecule has 1 aliphatic rings. The minimum atomic E-state index is -0.293. The van der Waals surface area contributed by atoms with Crippen LogP contribution in [0.4, 0.5) is 0 Å². The van der Waals surface area contributed by atoms with Gasteiger partial charge in [0.2, 0.25) is 5.91 Å². The van der Waals surface area contributed by atoms with Gasteiger partial charge in [-0.3, -0.25) is 9.59 Å². The molecule has 0 aromatic heterocycles. The van der Waals surface area contributed by atoms with E-state index in [9.17, 15) is 9.59 Å². The number of nitrogens with zero attached hydrogens (tertiary/aromatic N) is 1. The molecule has 0 radical (unpaired) electrons. The zero-order valence-corrected chi connectivity index (χ0v) is 9.38. The number of alkyl halides is 1. The first-order valence-corrected chi connectivity index (χ1v) is 5.47. The van der Waals surface area contributed by atoms with Crippen molar-refractivity contribution in [1.29, 1.82) is 0 Å². The van der Waals surface area contributed by atoms with Gasteiger partial charge in [0.15, 0.2) is 5.78 Å². The molecule has 0 bridgehead atoms. The van der Waals surface area contributed by atoms with E-state index in [1.807, 2.05) is 6.92 Å². The van der Waals surface area contributed by atoms with Crippen molar-refractivity contribution in [2.75, 3.05) is 12.4 Å². The Morgan fingerprint density at radius 2 is 2.14 bits per heavy atom. The number of hydrogen-bond acceptors (Lipinski definition) is 2. The minimum absolute atomic E-state index is 0.00120. The van der Waals surface area contributed by atoms with Crippen LogP contribution in [0.25, 0.3) is 0 Å². The second kappa shape index (κ2) is 4.78. The molecule has 0 aromatic carbocycles. The summed E-state index contributed by atoms with van der Waals surface area (Å²) in [6.07, 6.45) is 1.98. The summed E-state index contributed by atoms with van der Waals surface area (Å²) < 4.78 is 0. The fraction of sp³-hybridized carbons (Fsp3) is 0.800. The van der Waals surface area contributed by atoms with Gasteiger partial charge in [0.1, 0.15) is 0 Å². The summed E-state index contributed by atoms with van der Waals surface area (Å²) in [7, 11) is 0. The van der Waals surface area contributed by atoms with Crippen molar-refractivity contribution in [3.63, 3.8) is 0 Å². The number of Topliss-reactive ketones (excluding diaryl/α,β-unsaturated/α-hetero) is 1. The van der Waals surface area contributed by atoms with Crippen LogP contribution in [0.2, 0.25) is 0 Å². The molecule has 0 aliphatic carbocycles. The Morgan fingerprint density at radius 3 is 2.64 bits per heavy atom. The Balaban J connectivity index is 2.81. The van der Waals surface area contributed by atoms with E-state index in [1.54, 1.807) is 4.90 Å². The average Bonchev–Trinajstić information content (AvgIpc) is 2.16. The van der Waals surface area contributed by atoms with Gasteiger partial charge in [-0.25, -0.2) is 0 Å². The minimum Gasteiger partial charge on any atom is -0.333 e. The van der Waals surface area contributed by atoms with Crippen LogP contribution in [-0.2, 0) is 9.59 Å². The lowest BCUT2D eigenvalue weighted by atomic mass is 9.88. The molecule has 1 fully saturated rings. The Kier molecular flexibility index (Phi) is 3.93. The molecule has 1 saturated heterocycles. The van der Waals surface area contributed by atoms with Gasteiger partial charge >= 0.3 is 0 Å². The molecule has 0 spiro atoms. The zero-order valence-electron chi connectivity index (χ0n) is 8.62. The lowest BCUT2D eigenvalue weighted by Crippen LogP contribution is -2.51. The maximum Gasteiger partial charge on any atom is 0.220 e. The van der Waals surface area contributed by atoms with Crippen LogP contribution >= 0.6 is 11.6 Å². The fourth-order valence-corrected chi connectivity index (χ4v) is 2.27. The van der Waals surface area contributed by atoms with Crippen molar-refractivity contribution < 1.29 is 9.59 Å². The highest BCUT2D eigenvalue weighted by Crippen LogP contribution is 2.24. The molecule has 14 heavy (non-hydrogen) atoms. The number of ketones is 1. The Bertz CT molecular complexity index is 242. The topological polar surface area (TPSA) is 37.4 Å². The van der Waals surface area contributed by atoms with E-state index in [-0.39, 0.29) is 29.5 Å². The number of carbonyl (C=O) groups is 2. The lowest BCUT2D eigenvalue weighted by Gasteiger charge is -2.38. The van der Waals surface area contributed by atoms with Crippen LogP contribution in [0.3, 0.4) is 0 Å². The third-order valence-corrected chi connectivity index (χ3v) is 3.06. The highest BCUT2D eigenvalue weighted by Gasteiger charge is 2.34. The molecule has 1 heterocycles. The standard InChI is InChI=1S/C10H16ClNO2/c1-7-4-3-5-12(8(2)13)10(7)9(14)6-11/h7,10H,3-6H2,1-2H3. The van der Waals surface area contributed by atoms with E-state index in [1.165, 1.54) is 6.92 Å². The first-order valence-electron chi connectivity index (χ1n) is 4.93. The summed E-state index contributed by atoms with van der Waals surface area (Å²) in [5.41, 5.74) is 0. The van der Waals surface area contributed by atoms with Crippen LogP contribution in [0.1, 0.15) is 26.7 Å². The molecule has 3 nitrogen and oxygen atoms in total. The molecule has 2 atom stereocenters. The van der Waals surface area contributed by atoms with Crippen LogP contribution in [0.5, 0.6) is 0 Å². The second-order valence-electron chi connectivity index (χ2n) is 3.88. The summed E-state index contributed by atoms with van der Waals surface area (Å²) in [6, 6.07) is -0.293. The van der Waals surface area contributed by atoms with Crippen LogP contribution < -0.4 is 0 Å². The number of likely N-dealkylation sites (tertiary alicyclic amines) is 1. The van der Waals surface area contributed by atoms with E-state index in [4.69, 9.17) is 11.6 Å². The normalized spacial score (nSPS) is 27.5. The molecule has 0 aromatic rings. The van der Waals surface area contributed by atoms with Crippen LogP contribution in [0, 0.1) is 5.92 Å². The van der Waals surface area contributed by atoms with Gasteiger partial charge in [-0.2, -0.15) is 0 Å². The van der Waals surface area contributed by atoms with Gasteiger partial charge < -0.3 is 4.90 Å². The number of halogens is 1. The molecular formula is C10H16ClNO2. The fourth-order valence-electron chi connectivity index (χ4n) is 2.11. The van der Waals surface area contributed by atoms with Crippen LogP contribution in [0.15, 0.2) is 0 Å². The van der Waals surface area contributed by atoms with Gasteiger partial charge in [-0.1, -0.05) is 6.92 Å². The van der Waals surface area contributed by atoms with Gasteiger partial charge in [0.05, 0.1) is 11.9 Å². The van der Waals surface area contributed by atoms with E-state index in [0.717, 1.165) is 12.8 Å². The average molecular weight is 218 g/mol. The predicted octanol–water partition coefficient (Wildman–Crippen LogP) is 1.44. The van der Waals surface area contributed by atoms with Gasteiger partial charge in [-0.15, -0.1) is 11.6 Å². The number of piperidine rings is 1. The van der Waals surface area contributed by atoms with Gasteiger partial charge in [0.25, 0.3) is 0 Å². The van der Waals surface area contributed by atoms with Crippen LogP contribution in [-0.4, -0.2) is 35.1 Å². The molecule has 0 saturated carbocycles. The SMILES string of the molecule is CC(=O)N1CCCC(C)C1C(=O)CCl. The predicted molar refractivity (Wildman–Crippen MR) is 55.3 cm³/mol. The van der Waals surface area contributed by atoms with Crippen molar-refractivity contribution in [2.24, 2.45) is 5.92 Å². The van der Waals surface area contributed by atoms with Crippen molar-refractivity contribution in [1.82, 2.24) is 4.90 Å². The summed E-state index contributed by atoms with van der Waals surface area (Å²) >= 11 is 5.53. The Labute approximate surface area is 89.4 Å². The third-order valence-electron chi connectivity index (χ3n) is 2.80. The largest absolute Gasteiger partial charge is 0.333 e. The van der Waals surface area contributed by atoms with Gasteiger partial charge in [-0.05, 0) is 18.8 Å². The highest BCUT2D eigenvalue weighted by atomic mass is 35.5. The Hall–Kier alpha value is -0.570. The molecule has 1 rings (SSSR count). The molecule has 1 aliphatic heterocycles. The molecule has 4 heteroatoms. The number of hydrogen-bond donors (Lipinski definition) is 0. The maximum absolute atomic E-state index is 11.6. The smallest absolute Gasteiger partial charge is 0.220 e. The van der Waals surface area contributed by atoms with E-state index in [0.29, 0.717) is 6.54 Å². The molecular weight excluding hydrogens is 202 g/mol. The van der Waals surface area contributed by atoms with E-state index < -0.39 is 0 Å². The molecule has 2 unspecified atom stereocenters. The second-order valence-corrected chi connectivity index (χ2v) is 4.14.